The van der Waals surface area contributed by atoms with Crippen LogP contribution in [0.1, 0.15) is 47.4 Å². The first-order valence-corrected chi connectivity index (χ1v) is 12.0. The van der Waals surface area contributed by atoms with E-state index >= 15 is 4.39 Å². The molecule has 0 spiro atoms. The summed E-state index contributed by atoms with van der Waals surface area (Å²) >= 11 is 0. The normalized spacial score (nSPS) is 13.5. The standard InChI is InChI=1S/C29H34F2N4O/c1-18-21(26(34-35(18)6)16-29(2,3)4)12-14-36-28-22(8-9-24(30)27(28)31)19-7-10-25-23(15-19)20(17-32-5)11-13-33-25/h7-11,13,15,32H,12,14,16-17H2,1-6H3/i5D3. The molecule has 0 saturated carbocycles. The molecule has 5 nitrogen and oxygen atoms in total. The molecule has 0 aliphatic carbocycles. The molecule has 0 unspecified atom stereocenters. The molecule has 190 valence electrons. The molecule has 0 atom stereocenters. The predicted octanol–water partition coefficient (Wildman–Crippen LogP) is 6.15. The number of aromatic nitrogens is 3. The zero-order chi connectivity index (χ0) is 28.5. The first-order valence-electron chi connectivity index (χ1n) is 13.5. The third-order valence-electron chi connectivity index (χ3n) is 6.31. The lowest BCUT2D eigenvalue weighted by atomic mass is 9.88. The highest BCUT2D eigenvalue weighted by molar-refractivity contribution is 5.88. The number of nitrogens with zero attached hydrogens (tertiary/aromatic N) is 3. The maximum atomic E-state index is 15.1. The van der Waals surface area contributed by atoms with Gasteiger partial charge in [0, 0.05) is 47.0 Å². The van der Waals surface area contributed by atoms with Crippen LogP contribution in [0.5, 0.6) is 5.75 Å². The summed E-state index contributed by atoms with van der Waals surface area (Å²) in [4.78, 5) is 4.36. The Morgan fingerprint density at radius 1 is 1.14 bits per heavy atom. The molecule has 0 bridgehead atoms. The highest BCUT2D eigenvalue weighted by Crippen LogP contribution is 2.36. The summed E-state index contributed by atoms with van der Waals surface area (Å²) in [6.07, 6.45) is 2.89. The highest BCUT2D eigenvalue weighted by atomic mass is 19.2. The molecule has 4 rings (SSSR count). The smallest absolute Gasteiger partial charge is 0.201 e. The molecule has 4 aromatic rings. The van der Waals surface area contributed by atoms with E-state index in [1.165, 1.54) is 6.07 Å². The minimum atomic E-state index is -2.30. The molecule has 1 N–H and O–H groups in total. The number of rotatable bonds is 8. The van der Waals surface area contributed by atoms with Crippen LogP contribution in [0, 0.1) is 24.0 Å². The van der Waals surface area contributed by atoms with Crippen molar-refractivity contribution in [1.29, 1.82) is 0 Å². The average molecular weight is 496 g/mol. The lowest BCUT2D eigenvalue weighted by Gasteiger charge is -2.18. The van der Waals surface area contributed by atoms with Crippen LogP contribution in [0.4, 0.5) is 8.78 Å². The van der Waals surface area contributed by atoms with Crippen molar-refractivity contribution < 1.29 is 17.6 Å². The van der Waals surface area contributed by atoms with Gasteiger partial charge in [0.15, 0.2) is 11.6 Å². The van der Waals surface area contributed by atoms with Gasteiger partial charge in [-0.2, -0.15) is 9.49 Å². The van der Waals surface area contributed by atoms with E-state index in [1.807, 2.05) is 18.7 Å². The minimum absolute atomic E-state index is 0.0427. The summed E-state index contributed by atoms with van der Waals surface area (Å²) < 4.78 is 59.5. The Morgan fingerprint density at radius 3 is 2.69 bits per heavy atom. The first kappa shape index (κ1) is 21.9. The Labute approximate surface area is 215 Å². The van der Waals surface area contributed by atoms with Crippen molar-refractivity contribution in [2.45, 2.75) is 47.1 Å². The molecule has 0 saturated heterocycles. The quantitative estimate of drug-likeness (QED) is 0.319. The van der Waals surface area contributed by atoms with Gasteiger partial charge in [0.1, 0.15) is 0 Å². The van der Waals surface area contributed by atoms with E-state index in [9.17, 15) is 4.39 Å². The molecule has 0 amide bonds. The van der Waals surface area contributed by atoms with E-state index in [4.69, 9.17) is 8.85 Å². The van der Waals surface area contributed by atoms with Crippen LogP contribution in [0.3, 0.4) is 0 Å². The number of nitrogens with one attached hydrogen (secondary N) is 1. The van der Waals surface area contributed by atoms with Gasteiger partial charge in [-0.05, 0) is 72.8 Å². The fourth-order valence-electron chi connectivity index (χ4n) is 4.47. The number of hydrogen-bond acceptors (Lipinski definition) is 4. The maximum absolute atomic E-state index is 15.1. The van der Waals surface area contributed by atoms with Gasteiger partial charge in [-0.1, -0.05) is 26.8 Å². The third kappa shape index (κ3) is 5.41. The van der Waals surface area contributed by atoms with Crippen LogP contribution in [0.2, 0.25) is 0 Å². The molecule has 0 aliphatic heterocycles. The zero-order valence-corrected chi connectivity index (χ0v) is 21.4. The Balaban J connectivity index is 1.65. The Hall–Kier alpha value is -3.32. The summed E-state index contributed by atoms with van der Waals surface area (Å²) in [5.41, 5.74) is 5.46. The second kappa shape index (κ2) is 10.3. The number of benzene rings is 2. The summed E-state index contributed by atoms with van der Waals surface area (Å²) in [5.74, 6) is -2.22. The lowest BCUT2D eigenvalue weighted by molar-refractivity contribution is 0.299. The number of aryl methyl sites for hydroxylation is 1. The molecule has 0 aliphatic rings. The summed E-state index contributed by atoms with van der Waals surface area (Å²) in [5, 5.41) is 7.89. The molecule has 2 aromatic heterocycles. The molecule has 0 radical (unpaired) electrons. The Bertz CT molecular complexity index is 1490. The van der Waals surface area contributed by atoms with Crippen LogP contribution in [-0.2, 0) is 26.4 Å². The molecule has 2 heterocycles. The van der Waals surface area contributed by atoms with Gasteiger partial charge in [-0.25, -0.2) is 4.39 Å². The van der Waals surface area contributed by atoms with Crippen molar-refractivity contribution in [2.24, 2.45) is 12.5 Å². The molecule has 7 heteroatoms. The minimum Gasteiger partial charge on any atom is -0.489 e. The van der Waals surface area contributed by atoms with Crippen molar-refractivity contribution >= 4 is 10.9 Å². The van der Waals surface area contributed by atoms with Crippen molar-refractivity contribution in [3.05, 3.63) is 76.7 Å². The number of ether oxygens (including phenoxy) is 1. The molecular formula is C29H34F2N4O. The molecular weight excluding hydrogens is 458 g/mol. The van der Waals surface area contributed by atoms with Crippen LogP contribution >= 0.6 is 0 Å². The van der Waals surface area contributed by atoms with Crippen molar-refractivity contribution in [3.63, 3.8) is 0 Å². The van der Waals surface area contributed by atoms with E-state index in [-0.39, 0.29) is 24.3 Å². The second-order valence-corrected chi connectivity index (χ2v) is 10.3. The van der Waals surface area contributed by atoms with Crippen molar-refractivity contribution in [3.8, 4) is 16.9 Å². The van der Waals surface area contributed by atoms with Gasteiger partial charge in [-0.15, -0.1) is 0 Å². The van der Waals surface area contributed by atoms with E-state index in [0.29, 0.717) is 28.5 Å². The van der Waals surface area contributed by atoms with Crippen molar-refractivity contribution in [1.82, 2.24) is 20.1 Å². The number of pyridine rings is 1. The van der Waals surface area contributed by atoms with Gasteiger partial charge >= 0.3 is 0 Å². The van der Waals surface area contributed by atoms with Crippen LogP contribution in [0.25, 0.3) is 22.0 Å². The summed E-state index contributed by atoms with van der Waals surface area (Å²) in [6, 6.07) is 9.64. The van der Waals surface area contributed by atoms with E-state index in [1.54, 1.807) is 30.5 Å². The number of halogens is 2. The number of fused-ring (bicyclic) bond motifs is 1. The summed E-state index contributed by atoms with van der Waals surface area (Å²) in [6.45, 7) is 6.37. The Kier molecular flexibility index (Phi) is 6.30. The fourth-order valence-corrected chi connectivity index (χ4v) is 4.47. The van der Waals surface area contributed by atoms with E-state index in [2.05, 4.69) is 36.2 Å². The van der Waals surface area contributed by atoms with E-state index < -0.39 is 18.6 Å². The maximum Gasteiger partial charge on any atom is 0.201 e. The predicted molar refractivity (Wildman–Crippen MR) is 140 cm³/mol. The van der Waals surface area contributed by atoms with Gasteiger partial charge in [0.05, 0.1) is 17.8 Å². The Morgan fingerprint density at radius 2 is 1.94 bits per heavy atom. The molecule has 0 fully saturated rings. The van der Waals surface area contributed by atoms with Gasteiger partial charge in [0.2, 0.25) is 5.82 Å². The average Bonchev–Trinajstić information content (AvgIpc) is 3.10. The third-order valence-corrected chi connectivity index (χ3v) is 6.31. The van der Waals surface area contributed by atoms with Gasteiger partial charge in [-0.3, -0.25) is 9.67 Å². The first-order chi connectivity index (χ1) is 18.2. The SMILES string of the molecule is [2H]C([2H])([2H])NCc1ccnc2ccc(-c3ccc(F)c(F)c3OCCc3c(CC(C)(C)C)nn(C)c3C)cc12. The second-order valence-electron chi connectivity index (χ2n) is 10.3. The van der Waals surface area contributed by atoms with Gasteiger partial charge < -0.3 is 10.1 Å². The largest absolute Gasteiger partial charge is 0.489 e. The monoisotopic (exact) mass is 495 g/mol. The summed E-state index contributed by atoms with van der Waals surface area (Å²) in [7, 11) is 1.90. The van der Waals surface area contributed by atoms with Crippen LogP contribution in [-0.4, -0.2) is 28.3 Å². The van der Waals surface area contributed by atoms with E-state index in [0.717, 1.165) is 35.0 Å². The fraction of sp³-hybridized carbons (Fsp3) is 0.379. The molecule has 2 aromatic carbocycles. The number of hydrogen-bond donors (Lipinski definition) is 1. The van der Waals surface area contributed by atoms with Gasteiger partial charge in [0.25, 0.3) is 0 Å². The van der Waals surface area contributed by atoms with Crippen molar-refractivity contribution in [2.75, 3.05) is 13.6 Å². The van der Waals surface area contributed by atoms with Crippen LogP contribution < -0.4 is 10.1 Å². The topological polar surface area (TPSA) is 52.0 Å². The van der Waals surface area contributed by atoms with Crippen LogP contribution in [0.15, 0.2) is 42.6 Å². The lowest BCUT2D eigenvalue weighted by Crippen LogP contribution is -2.13. The molecule has 36 heavy (non-hydrogen) atoms. The highest BCUT2D eigenvalue weighted by Gasteiger charge is 2.21. The zero-order valence-electron chi connectivity index (χ0n) is 24.4.